The zero-order chi connectivity index (χ0) is 14.3. The minimum Gasteiger partial charge on any atom is -0.493 e. The zero-order valence-corrected chi connectivity index (χ0v) is 12.2. The van der Waals surface area contributed by atoms with Crippen LogP contribution in [0, 0.1) is 0 Å². The first-order valence-corrected chi connectivity index (χ1v) is 6.37. The van der Waals surface area contributed by atoms with Gasteiger partial charge in [0.15, 0.2) is 11.5 Å². The van der Waals surface area contributed by atoms with E-state index in [0.29, 0.717) is 17.2 Å². The summed E-state index contributed by atoms with van der Waals surface area (Å²) in [5.41, 5.74) is 1.04. The van der Waals surface area contributed by atoms with Crippen LogP contribution in [-0.2, 0) is 0 Å². The number of hydrogen-bond acceptors (Lipinski definition) is 4. The van der Waals surface area contributed by atoms with Gasteiger partial charge in [0.05, 0.1) is 27.4 Å². The monoisotopic (exact) mass is 265 g/mol. The Bertz CT molecular complexity index is 393. The van der Waals surface area contributed by atoms with Crippen LogP contribution in [0.4, 0.5) is 0 Å². The molecule has 0 saturated heterocycles. The standard InChI is InChI=1S/C15H23NO3/c1-6-8-16-12(7-2)11-9-13(17-3)15(19-5)14(10-11)18-4/h7,9-10,12,16H,2,6,8H2,1,3-5H3. The molecule has 19 heavy (non-hydrogen) atoms. The van der Waals surface area contributed by atoms with Crippen molar-refractivity contribution in [1.82, 2.24) is 5.32 Å². The van der Waals surface area contributed by atoms with E-state index < -0.39 is 0 Å². The molecule has 106 valence electrons. The average molecular weight is 265 g/mol. The van der Waals surface area contributed by atoms with Crippen molar-refractivity contribution in [2.24, 2.45) is 0 Å². The van der Waals surface area contributed by atoms with Crippen molar-refractivity contribution in [2.45, 2.75) is 19.4 Å². The van der Waals surface area contributed by atoms with E-state index in [4.69, 9.17) is 14.2 Å². The lowest BCUT2D eigenvalue weighted by atomic mass is 10.1. The highest BCUT2D eigenvalue weighted by Gasteiger charge is 2.16. The lowest BCUT2D eigenvalue weighted by molar-refractivity contribution is 0.323. The second-order valence-corrected chi connectivity index (χ2v) is 4.13. The highest BCUT2D eigenvalue weighted by molar-refractivity contribution is 5.54. The molecule has 0 aliphatic rings. The van der Waals surface area contributed by atoms with E-state index in [-0.39, 0.29) is 6.04 Å². The zero-order valence-electron chi connectivity index (χ0n) is 12.2. The summed E-state index contributed by atoms with van der Waals surface area (Å²) in [6, 6.07) is 3.95. The van der Waals surface area contributed by atoms with Crippen LogP contribution >= 0.6 is 0 Å². The topological polar surface area (TPSA) is 39.7 Å². The fourth-order valence-electron chi connectivity index (χ4n) is 1.92. The van der Waals surface area contributed by atoms with Crippen LogP contribution in [0.2, 0.25) is 0 Å². The van der Waals surface area contributed by atoms with Gasteiger partial charge in [-0.05, 0) is 30.7 Å². The first kappa shape index (κ1) is 15.4. The second-order valence-electron chi connectivity index (χ2n) is 4.13. The van der Waals surface area contributed by atoms with Crippen LogP contribution in [0.25, 0.3) is 0 Å². The van der Waals surface area contributed by atoms with Crippen molar-refractivity contribution >= 4 is 0 Å². The van der Waals surface area contributed by atoms with Crippen LogP contribution in [0.1, 0.15) is 24.9 Å². The molecule has 4 heteroatoms. The van der Waals surface area contributed by atoms with Crippen molar-refractivity contribution < 1.29 is 14.2 Å². The third kappa shape index (κ3) is 3.64. The Labute approximate surface area is 115 Å². The van der Waals surface area contributed by atoms with E-state index >= 15 is 0 Å². The molecule has 0 aliphatic heterocycles. The maximum Gasteiger partial charge on any atom is 0.203 e. The SMILES string of the molecule is C=CC(NCCC)c1cc(OC)c(OC)c(OC)c1. The molecule has 1 aromatic rings. The number of benzene rings is 1. The Balaban J connectivity index is 3.16. The average Bonchev–Trinajstić information content (AvgIpc) is 2.46. The lowest BCUT2D eigenvalue weighted by Crippen LogP contribution is -2.20. The number of hydrogen-bond donors (Lipinski definition) is 1. The molecular weight excluding hydrogens is 242 g/mol. The largest absolute Gasteiger partial charge is 0.493 e. The summed E-state index contributed by atoms with van der Waals surface area (Å²) in [7, 11) is 4.83. The quantitative estimate of drug-likeness (QED) is 0.734. The molecular formula is C15H23NO3. The summed E-state index contributed by atoms with van der Waals surface area (Å²) in [4.78, 5) is 0. The fraction of sp³-hybridized carbons (Fsp3) is 0.467. The van der Waals surface area contributed by atoms with Crippen molar-refractivity contribution in [3.05, 3.63) is 30.4 Å². The third-order valence-electron chi connectivity index (χ3n) is 2.90. The van der Waals surface area contributed by atoms with E-state index in [1.54, 1.807) is 21.3 Å². The van der Waals surface area contributed by atoms with E-state index in [9.17, 15) is 0 Å². The number of methoxy groups -OCH3 is 3. The molecule has 0 amide bonds. The summed E-state index contributed by atoms with van der Waals surface area (Å²) < 4.78 is 16.0. The van der Waals surface area contributed by atoms with Crippen molar-refractivity contribution in [3.63, 3.8) is 0 Å². The fourth-order valence-corrected chi connectivity index (χ4v) is 1.92. The molecule has 0 aromatic heterocycles. The highest BCUT2D eigenvalue weighted by Crippen LogP contribution is 2.39. The lowest BCUT2D eigenvalue weighted by Gasteiger charge is -2.19. The van der Waals surface area contributed by atoms with Crippen molar-refractivity contribution in [3.8, 4) is 17.2 Å². The molecule has 0 aliphatic carbocycles. The predicted octanol–water partition coefficient (Wildman–Crippen LogP) is 2.94. The molecule has 0 fully saturated rings. The van der Waals surface area contributed by atoms with Crippen LogP contribution in [0.5, 0.6) is 17.2 Å². The second kappa shape index (κ2) is 7.69. The molecule has 1 atom stereocenters. The molecule has 4 nitrogen and oxygen atoms in total. The first-order chi connectivity index (χ1) is 9.21. The molecule has 0 spiro atoms. The van der Waals surface area contributed by atoms with Gasteiger partial charge in [0.25, 0.3) is 0 Å². The summed E-state index contributed by atoms with van der Waals surface area (Å²) in [5, 5.41) is 3.41. The van der Waals surface area contributed by atoms with E-state index in [2.05, 4.69) is 18.8 Å². The van der Waals surface area contributed by atoms with Gasteiger partial charge in [0, 0.05) is 0 Å². The minimum atomic E-state index is 0.0636. The summed E-state index contributed by atoms with van der Waals surface area (Å²) in [6.45, 7) is 6.92. The Morgan fingerprint density at radius 3 is 2.11 bits per heavy atom. The van der Waals surface area contributed by atoms with Crippen LogP contribution in [0.3, 0.4) is 0 Å². The van der Waals surface area contributed by atoms with Gasteiger partial charge in [-0.15, -0.1) is 6.58 Å². The van der Waals surface area contributed by atoms with Gasteiger partial charge in [-0.2, -0.15) is 0 Å². The smallest absolute Gasteiger partial charge is 0.203 e. The van der Waals surface area contributed by atoms with Gasteiger partial charge in [-0.3, -0.25) is 0 Å². The minimum absolute atomic E-state index is 0.0636. The van der Waals surface area contributed by atoms with Gasteiger partial charge >= 0.3 is 0 Å². The Hall–Kier alpha value is -1.68. The summed E-state index contributed by atoms with van der Waals surface area (Å²) in [6.07, 6.45) is 2.94. The first-order valence-electron chi connectivity index (χ1n) is 6.37. The molecule has 0 bridgehead atoms. The molecule has 0 saturated carbocycles. The van der Waals surface area contributed by atoms with Crippen molar-refractivity contribution in [1.29, 1.82) is 0 Å². The molecule has 1 rings (SSSR count). The maximum atomic E-state index is 5.35. The van der Waals surface area contributed by atoms with E-state index in [1.165, 1.54) is 0 Å². The van der Waals surface area contributed by atoms with Gasteiger partial charge in [0.2, 0.25) is 5.75 Å². The molecule has 0 heterocycles. The Kier molecular flexibility index (Phi) is 6.22. The molecule has 1 N–H and O–H groups in total. The molecule has 1 unspecified atom stereocenters. The maximum absolute atomic E-state index is 5.35. The van der Waals surface area contributed by atoms with Crippen molar-refractivity contribution in [2.75, 3.05) is 27.9 Å². The van der Waals surface area contributed by atoms with Crippen LogP contribution in [-0.4, -0.2) is 27.9 Å². The number of rotatable bonds is 8. The van der Waals surface area contributed by atoms with E-state index in [0.717, 1.165) is 18.5 Å². The Morgan fingerprint density at radius 1 is 1.16 bits per heavy atom. The summed E-state index contributed by atoms with van der Waals surface area (Å²) >= 11 is 0. The van der Waals surface area contributed by atoms with Gasteiger partial charge in [-0.25, -0.2) is 0 Å². The molecule has 1 aromatic carbocycles. The van der Waals surface area contributed by atoms with E-state index in [1.807, 2.05) is 18.2 Å². The predicted molar refractivity (Wildman–Crippen MR) is 77.3 cm³/mol. The Morgan fingerprint density at radius 2 is 1.74 bits per heavy atom. The van der Waals surface area contributed by atoms with Crippen LogP contribution < -0.4 is 19.5 Å². The van der Waals surface area contributed by atoms with Gasteiger partial charge in [-0.1, -0.05) is 13.0 Å². The van der Waals surface area contributed by atoms with Crippen LogP contribution in [0.15, 0.2) is 24.8 Å². The van der Waals surface area contributed by atoms with Gasteiger partial charge in [0.1, 0.15) is 0 Å². The number of ether oxygens (including phenoxy) is 3. The highest BCUT2D eigenvalue weighted by atomic mass is 16.5. The summed E-state index contributed by atoms with van der Waals surface area (Å²) in [5.74, 6) is 1.91. The number of nitrogens with one attached hydrogen (secondary N) is 1. The molecule has 0 radical (unpaired) electrons. The normalized spacial score (nSPS) is 11.8. The van der Waals surface area contributed by atoms with Gasteiger partial charge < -0.3 is 19.5 Å². The third-order valence-corrected chi connectivity index (χ3v) is 2.90.